The van der Waals surface area contributed by atoms with Crippen molar-refractivity contribution < 1.29 is 14.3 Å². The van der Waals surface area contributed by atoms with Crippen LogP contribution in [0.3, 0.4) is 0 Å². The molecule has 7 nitrogen and oxygen atoms in total. The van der Waals surface area contributed by atoms with Gasteiger partial charge in [-0.3, -0.25) is 14.5 Å². The summed E-state index contributed by atoms with van der Waals surface area (Å²) in [4.78, 5) is 30.3. The molecule has 7 heteroatoms. The lowest BCUT2D eigenvalue weighted by Gasteiger charge is -2.29. The van der Waals surface area contributed by atoms with Crippen molar-refractivity contribution in [1.29, 1.82) is 0 Å². The van der Waals surface area contributed by atoms with E-state index >= 15 is 0 Å². The van der Waals surface area contributed by atoms with E-state index in [0.717, 1.165) is 63.3 Å². The number of likely N-dealkylation sites (tertiary alicyclic amines) is 1. The largest absolute Gasteiger partial charge is 0.454 e. The zero-order valence-electron chi connectivity index (χ0n) is 25.1. The lowest BCUT2D eigenvalue weighted by atomic mass is 10.0. The number of aryl methyl sites for hydroxylation is 1. The van der Waals surface area contributed by atoms with Gasteiger partial charge in [0.15, 0.2) is 11.5 Å². The maximum atomic E-state index is 13.6. The minimum atomic E-state index is 0.0226. The van der Waals surface area contributed by atoms with Crippen LogP contribution in [0.25, 0.3) is 0 Å². The van der Waals surface area contributed by atoms with Crippen molar-refractivity contribution in [2.24, 2.45) is 5.92 Å². The molecule has 2 aliphatic rings. The maximum absolute atomic E-state index is 13.6. The number of nitrogens with zero attached hydrogens (tertiary/aromatic N) is 3. The van der Waals surface area contributed by atoms with Gasteiger partial charge in [-0.15, -0.1) is 0 Å². The number of unbranched alkanes of at least 4 members (excludes halogenated alkanes) is 6. The predicted molar refractivity (Wildman–Crippen MR) is 162 cm³/mol. The fraction of sp³-hybridized carbons (Fsp3) is 0.636. The third kappa shape index (κ3) is 10.3. The van der Waals surface area contributed by atoms with Crippen LogP contribution in [0.1, 0.15) is 85.0 Å². The number of amides is 1. The normalized spacial score (nSPS) is 21.4. The van der Waals surface area contributed by atoms with Crippen LogP contribution < -0.4 is 5.56 Å². The molecule has 1 amide bonds. The summed E-state index contributed by atoms with van der Waals surface area (Å²) in [6, 6.07) is 5.54. The van der Waals surface area contributed by atoms with Gasteiger partial charge in [-0.2, -0.15) is 0 Å². The molecule has 1 aromatic rings. The number of ether oxygens (including phenoxy) is 2. The summed E-state index contributed by atoms with van der Waals surface area (Å²) in [7, 11) is 0. The standard InChI is InChI=1S/C33H51N3O4/c1-4-7-9-10-11-13-21-34(20-8-5-2)33(38)26-36-25-28(16-15-17-31-30(6-3)39-27-40-31)24-29(36)19-23-35-22-14-12-18-32(35)37/h6,12,14-18,22,28-29H,4-5,7-11,13,19-21,23-27H2,1-3H3/b16-15+,30-6+,31-17+/t28?,29-/m0/s1. The van der Waals surface area contributed by atoms with Crippen LogP contribution >= 0.6 is 0 Å². The lowest BCUT2D eigenvalue weighted by molar-refractivity contribution is -0.132. The number of hydrogen-bond donors (Lipinski definition) is 0. The Morgan fingerprint density at radius 3 is 2.55 bits per heavy atom. The second-order valence-electron chi connectivity index (χ2n) is 11.1. The Balaban J connectivity index is 1.64. The first-order valence-electron chi connectivity index (χ1n) is 15.5. The number of allylic oxidation sites excluding steroid dienone is 3. The van der Waals surface area contributed by atoms with Crippen LogP contribution in [-0.4, -0.2) is 59.3 Å². The second-order valence-corrected chi connectivity index (χ2v) is 11.1. The average Bonchev–Trinajstić information content (AvgIpc) is 3.58. The Labute approximate surface area is 241 Å². The van der Waals surface area contributed by atoms with Gasteiger partial charge in [0.2, 0.25) is 18.3 Å². The highest BCUT2D eigenvalue weighted by Gasteiger charge is 2.32. The van der Waals surface area contributed by atoms with E-state index in [2.05, 4.69) is 29.7 Å². The highest BCUT2D eigenvalue weighted by Crippen LogP contribution is 2.28. The topological polar surface area (TPSA) is 64.0 Å². The van der Waals surface area contributed by atoms with Crippen LogP contribution in [0, 0.1) is 5.92 Å². The minimum Gasteiger partial charge on any atom is -0.454 e. The molecule has 2 fully saturated rings. The van der Waals surface area contributed by atoms with Crippen LogP contribution in [0.4, 0.5) is 0 Å². The summed E-state index contributed by atoms with van der Waals surface area (Å²) in [5.74, 6) is 2.10. The quantitative estimate of drug-likeness (QED) is 0.213. The number of carbonyl (C=O) groups is 1. The molecule has 2 saturated heterocycles. The van der Waals surface area contributed by atoms with Gasteiger partial charge < -0.3 is 18.9 Å². The van der Waals surface area contributed by atoms with Crippen molar-refractivity contribution in [3.05, 3.63) is 70.6 Å². The highest BCUT2D eigenvalue weighted by atomic mass is 16.7. The first-order valence-corrected chi connectivity index (χ1v) is 15.5. The Morgan fingerprint density at radius 2 is 1.77 bits per heavy atom. The van der Waals surface area contributed by atoms with E-state index in [1.165, 1.54) is 32.1 Å². The third-order valence-corrected chi connectivity index (χ3v) is 7.98. The number of carbonyl (C=O) groups excluding carboxylic acids is 1. The summed E-state index contributed by atoms with van der Waals surface area (Å²) >= 11 is 0. The van der Waals surface area contributed by atoms with Gasteiger partial charge in [-0.1, -0.05) is 70.6 Å². The zero-order chi connectivity index (χ0) is 28.6. The predicted octanol–water partition coefficient (Wildman–Crippen LogP) is 6.27. The number of hydrogen-bond acceptors (Lipinski definition) is 5. The van der Waals surface area contributed by atoms with Crippen molar-refractivity contribution in [1.82, 2.24) is 14.4 Å². The van der Waals surface area contributed by atoms with Crippen molar-refractivity contribution in [2.45, 2.75) is 97.6 Å². The molecule has 3 heterocycles. The summed E-state index contributed by atoms with van der Waals surface area (Å²) in [5.41, 5.74) is 0.0226. The first-order chi connectivity index (χ1) is 19.5. The van der Waals surface area contributed by atoms with Gasteiger partial charge in [0.1, 0.15) is 0 Å². The smallest absolute Gasteiger partial charge is 0.250 e. The molecule has 2 atom stereocenters. The van der Waals surface area contributed by atoms with Crippen molar-refractivity contribution in [3.63, 3.8) is 0 Å². The van der Waals surface area contributed by atoms with Crippen molar-refractivity contribution in [3.8, 4) is 0 Å². The molecule has 0 aromatic carbocycles. The third-order valence-electron chi connectivity index (χ3n) is 7.98. The molecule has 3 rings (SSSR count). The van der Waals surface area contributed by atoms with Gasteiger partial charge in [0, 0.05) is 44.5 Å². The Kier molecular flexibility index (Phi) is 14.1. The lowest BCUT2D eigenvalue weighted by Crippen LogP contribution is -2.43. The fourth-order valence-electron chi connectivity index (χ4n) is 5.61. The maximum Gasteiger partial charge on any atom is 0.250 e. The van der Waals surface area contributed by atoms with Crippen molar-refractivity contribution >= 4 is 5.91 Å². The first kappa shape index (κ1) is 31.7. The summed E-state index contributed by atoms with van der Waals surface area (Å²) in [6.07, 6.45) is 21.3. The van der Waals surface area contributed by atoms with Gasteiger partial charge in [0.25, 0.3) is 0 Å². The van der Waals surface area contributed by atoms with Gasteiger partial charge in [-0.25, -0.2) is 0 Å². The molecule has 0 spiro atoms. The van der Waals surface area contributed by atoms with E-state index in [1.54, 1.807) is 16.7 Å². The molecular weight excluding hydrogens is 502 g/mol. The van der Waals surface area contributed by atoms with E-state index in [-0.39, 0.29) is 24.3 Å². The summed E-state index contributed by atoms with van der Waals surface area (Å²) in [5, 5.41) is 0. The molecule has 0 radical (unpaired) electrons. The SMILES string of the molecule is C/C=C1/OCO/C1=C/C=C/C1C[C@H](CCn2ccccc2=O)N(CC(=O)N(CCCC)CCCCCCCC)C1. The molecule has 40 heavy (non-hydrogen) atoms. The Bertz CT molecular complexity index is 1040. The summed E-state index contributed by atoms with van der Waals surface area (Å²) in [6.45, 7) is 10.3. The van der Waals surface area contributed by atoms with Gasteiger partial charge >= 0.3 is 0 Å². The molecule has 0 bridgehead atoms. The van der Waals surface area contributed by atoms with Gasteiger partial charge in [0.05, 0.1) is 6.54 Å². The molecule has 0 N–H and O–H groups in total. The molecule has 0 aliphatic carbocycles. The molecule has 2 aliphatic heterocycles. The van der Waals surface area contributed by atoms with Gasteiger partial charge in [-0.05, 0) is 56.7 Å². The zero-order valence-corrected chi connectivity index (χ0v) is 25.1. The second kappa shape index (κ2) is 17.8. The Morgan fingerprint density at radius 1 is 1.02 bits per heavy atom. The minimum absolute atomic E-state index is 0.0226. The monoisotopic (exact) mass is 553 g/mol. The Hall–Kier alpha value is -2.80. The number of rotatable bonds is 17. The van der Waals surface area contributed by atoms with E-state index in [0.29, 0.717) is 19.0 Å². The molecule has 1 unspecified atom stereocenters. The average molecular weight is 554 g/mol. The number of pyridine rings is 1. The fourth-order valence-corrected chi connectivity index (χ4v) is 5.61. The summed E-state index contributed by atoms with van der Waals surface area (Å²) < 4.78 is 12.8. The molecular formula is C33H51N3O4. The van der Waals surface area contributed by atoms with E-state index in [1.807, 2.05) is 37.4 Å². The van der Waals surface area contributed by atoms with E-state index < -0.39 is 0 Å². The van der Waals surface area contributed by atoms with Crippen LogP contribution in [0.5, 0.6) is 0 Å². The molecule has 222 valence electrons. The van der Waals surface area contributed by atoms with Crippen LogP contribution in [0.2, 0.25) is 0 Å². The molecule has 1 aromatic heterocycles. The molecule has 0 saturated carbocycles. The van der Waals surface area contributed by atoms with E-state index in [4.69, 9.17) is 9.47 Å². The van der Waals surface area contributed by atoms with Crippen LogP contribution in [-0.2, 0) is 20.8 Å². The number of aromatic nitrogens is 1. The van der Waals surface area contributed by atoms with Crippen molar-refractivity contribution in [2.75, 3.05) is 33.0 Å². The van der Waals surface area contributed by atoms with Crippen LogP contribution in [0.15, 0.2) is 65.0 Å². The van der Waals surface area contributed by atoms with E-state index in [9.17, 15) is 9.59 Å². The highest BCUT2D eigenvalue weighted by molar-refractivity contribution is 5.78.